The molecule has 2 aliphatic carbocycles. The molecule has 1 aromatic heterocycles. The van der Waals surface area contributed by atoms with Gasteiger partial charge in [-0.1, -0.05) is 32.1 Å². The molecule has 2 heterocycles. The van der Waals surface area contributed by atoms with Gasteiger partial charge in [0.2, 0.25) is 10.0 Å². The van der Waals surface area contributed by atoms with E-state index in [0.717, 1.165) is 24.1 Å². The quantitative estimate of drug-likeness (QED) is 0.777. The Morgan fingerprint density at radius 3 is 2.62 bits per heavy atom. The van der Waals surface area contributed by atoms with Gasteiger partial charge in [-0.05, 0) is 48.4 Å². The summed E-state index contributed by atoms with van der Waals surface area (Å²) in [4.78, 5) is 0. The predicted octanol–water partition coefficient (Wildman–Crippen LogP) is 3.50. The number of hydrogen-bond donors (Lipinski definition) is 2. The van der Waals surface area contributed by atoms with Crippen molar-refractivity contribution in [2.75, 3.05) is 13.2 Å². The van der Waals surface area contributed by atoms with E-state index in [9.17, 15) is 17.9 Å². The van der Waals surface area contributed by atoms with Crippen molar-refractivity contribution in [3.63, 3.8) is 0 Å². The van der Waals surface area contributed by atoms with Crippen molar-refractivity contribution in [3.05, 3.63) is 35.3 Å². The van der Waals surface area contributed by atoms with Crippen molar-refractivity contribution in [1.82, 2.24) is 9.29 Å². The Morgan fingerprint density at radius 2 is 1.93 bits per heavy atom. The minimum absolute atomic E-state index is 0.00759. The maximum atomic E-state index is 14.2. The minimum atomic E-state index is -3.49. The summed E-state index contributed by atoms with van der Waals surface area (Å²) in [5, 5.41) is 14.1. The zero-order chi connectivity index (χ0) is 20.2. The normalized spacial score (nSPS) is 24.6. The summed E-state index contributed by atoms with van der Waals surface area (Å²) in [6.07, 6.45) is 7.19. The highest BCUT2D eigenvalue weighted by molar-refractivity contribution is 7.91. The third-order valence-corrected chi connectivity index (χ3v) is 9.47. The van der Waals surface area contributed by atoms with E-state index in [1.807, 2.05) is 0 Å². The molecule has 1 aromatic carbocycles. The van der Waals surface area contributed by atoms with Crippen LogP contribution in [0.4, 0.5) is 4.39 Å². The largest absolute Gasteiger partial charge is 0.396 e. The van der Waals surface area contributed by atoms with Crippen molar-refractivity contribution in [3.8, 4) is 0 Å². The van der Waals surface area contributed by atoms with Crippen LogP contribution in [0.3, 0.4) is 0 Å². The molecule has 7 heteroatoms. The first-order valence-corrected chi connectivity index (χ1v) is 12.4. The van der Waals surface area contributed by atoms with Crippen LogP contribution in [0.25, 0.3) is 10.9 Å². The van der Waals surface area contributed by atoms with Gasteiger partial charge in [0.15, 0.2) is 0 Å². The zero-order valence-electron chi connectivity index (χ0n) is 16.6. The van der Waals surface area contributed by atoms with Gasteiger partial charge in [-0.15, -0.1) is 0 Å². The third-order valence-electron chi connectivity index (χ3n) is 7.23. The monoisotopic (exact) mass is 420 g/mol. The fourth-order valence-electron chi connectivity index (χ4n) is 5.68. The van der Waals surface area contributed by atoms with Crippen molar-refractivity contribution in [2.24, 2.45) is 11.8 Å². The van der Waals surface area contributed by atoms with Gasteiger partial charge in [0.25, 0.3) is 0 Å². The van der Waals surface area contributed by atoms with E-state index in [0.29, 0.717) is 42.8 Å². The first-order chi connectivity index (χ1) is 14.0. The lowest BCUT2D eigenvalue weighted by atomic mass is 9.71. The standard InChI is InChI=1S/C22H29FN2O3S/c23-15-6-9-20-17(10-15)22-18(19(13-26)14-4-2-1-3-5-14)11-24-12-21(22)25(20)29(27,28)16-7-8-16/h6,9-10,14,16,18-19,24,26H,1-5,7-8,11-13H2. The molecular formula is C22H29FN2O3S. The summed E-state index contributed by atoms with van der Waals surface area (Å²) >= 11 is 0. The number of aromatic nitrogens is 1. The topological polar surface area (TPSA) is 71.3 Å². The Labute approximate surface area is 171 Å². The Hall–Kier alpha value is -1.44. The lowest BCUT2D eigenvalue weighted by molar-refractivity contribution is 0.121. The van der Waals surface area contributed by atoms with E-state index >= 15 is 0 Å². The summed E-state index contributed by atoms with van der Waals surface area (Å²) in [6, 6.07) is 4.44. The Morgan fingerprint density at radius 1 is 1.17 bits per heavy atom. The Kier molecular flexibility index (Phi) is 4.95. The molecule has 2 atom stereocenters. The second-order valence-electron chi connectivity index (χ2n) is 9.01. The lowest BCUT2D eigenvalue weighted by Gasteiger charge is -2.37. The van der Waals surface area contributed by atoms with Crippen LogP contribution in [-0.4, -0.2) is 35.9 Å². The van der Waals surface area contributed by atoms with Crippen LogP contribution >= 0.6 is 0 Å². The van der Waals surface area contributed by atoms with Gasteiger partial charge in [0, 0.05) is 31.0 Å². The van der Waals surface area contributed by atoms with Gasteiger partial charge >= 0.3 is 0 Å². The molecule has 158 valence electrons. The summed E-state index contributed by atoms with van der Waals surface area (Å²) < 4.78 is 42.2. The van der Waals surface area contributed by atoms with Gasteiger partial charge in [0.05, 0.1) is 16.5 Å². The van der Waals surface area contributed by atoms with Crippen LogP contribution in [-0.2, 0) is 16.6 Å². The molecule has 2 N–H and O–H groups in total. The summed E-state index contributed by atoms with van der Waals surface area (Å²) in [7, 11) is -3.49. The molecule has 0 amide bonds. The van der Waals surface area contributed by atoms with Crippen LogP contribution in [0.1, 0.15) is 62.1 Å². The Bertz CT molecular complexity index is 1020. The van der Waals surface area contributed by atoms with Crippen molar-refractivity contribution >= 4 is 20.9 Å². The number of aliphatic hydroxyl groups excluding tert-OH is 1. The van der Waals surface area contributed by atoms with Crippen LogP contribution in [0.5, 0.6) is 0 Å². The fourth-order valence-corrected chi connectivity index (χ4v) is 7.61. The summed E-state index contributed by atoms with van der Waals surface area (Å²) in [5.74, 6) is 0.134. The molecule has 3 aliphatic rings. The van der Waals surface area contributed by atoms with E-state index in [-0.39, 0.29) is 29.5 Å². The molecule has 1 aliphatic heterocycles. The zero-order valence-corrected chi connectivity index (χ0v) is 17.4. The average molecular weight is 421 g/mol. The molecule has 0 spiro atoms. The molecule has 2 unspecified atom stereocenters. The predicted molar refractivity (Wildman–Crippen MR) is 111 cm³/mol. The number of hydrogen-bond acceptors (Lipinski definition) is 4. The number of fused-ring (bicyclic) bond motifs is 3. The van der Waals surface area contributed by atoms with E-state index < -0.39 is 10.0 Å². The molecule has 0 radical (unpaired) electrons. The van der Waals surface area contributed by atoms with Crippen LogP contribution in [0.2, 0.25) is 0 Å². The van der Waals surface area contributed by atoms with Gasteiger partial charge in [-0.3, -0.25) is 0 Å². The molecule has 0 bridgehead atoms. The van der Waals surface area contributed by atoms with Gasteiger partial charge < -0.3 is 10.4 Å². The smallest absolute Gasteiger partial charge is 0.242 e. The average Bonchev–Trinajstić information content (AvgIpc) is 3.52. The number of nitrogens with zero attached hydrogens (tertiary/aromatic N) is 1. The van der Waals surface area contributed by atoms with Crippen molar-refractivity contribution in [2.45, 2.75) is 62.7 Å². The van der Waals surface area contributed by atoms with E-state index in [1.54, 1.807) is 6.07 Å². The third kappa shape index (κ3) is 3.22. The SMILES string of the molecule is O=S(=O)(C1CC1)n1c2c(c3cc(F)ccc31)C(C(CO)C1CCCCC1)CNC2. The summed E-state index contributed by atoms with van der Waals surface area (Å²) in [6.45, 7) is 1.22. The number of aliphatic hydroxyl groups is 1. The van der Waals surface area contributed by atoms with Crippen LogP contribution in [0.15, 0.2) is 18.2 Å². The summed E-state index contributed by atoms with van der Waals surface area (Å²) in [5.41, 5.74) is 2.26. The highest BCUT2D eigenvalue weighted by atomic mass is 32.2. The van der Waals surface area contributed by atoms with Crippen LogP contribution < -0.4 is 5.32 Å². The molecule has 2 fully saturated rings. The molecular weight excluding hydrogens is 391 g/mol. The number of rotatable bonds is 5. The molecule has 2 aromatic rings. The fraction of sp³-hybridized carbons (Fsp3) is 0.636. The molecule has 29 heavy (non-hydrogen) atoms. The molecule has 2 saturated carbocycles. The molecule has 5 rings (SSSR count). The molecule has 5 nitrogen and oxygen atoms in total. The molecule has 0 saturated heterocycles. The second-order valence-corrected chi connectivity index (χ2v) is 11.1. The maximum absolute atomic E-state index is 14.2. The highest BCUT2D eigenvalue weighted by Gasteiger charge is 2.43. The van der Waals surface area contributed by atoms with Gasteiger partial charge in [-0.25, -0.2) is 16.8 Å². The van der Waals surface area contributed by atoms with E-state index in [1.165, 1.54) is 35.4 Å². The van der Waals surface area contributed by atoms with Gasteiger partial charge in [-0.2, -0.15) is 0 Å². The number of halogens is 1. The highest BCUT2D eigenvalue weighted by Crippen LogP contribution is 2.45. The second kappa shape index (κ2) is 7.36. The Balaban J connectivity index is 1.69. The van der Waals surface area contributed by atoms with Crippen LogP contribution in [0, 0.1) is 17.7 Å². The number of benzene rings is 1. The van der Waals surface area contributed by atoms with Crippen molar-refractivity contribution < 1.29 is 17.9 Å². The van der Waals surface area contributed by atoms with E-state index in [4.69, 9.17) is 0 Å². The van der Waals surface area contributed by atoms with Crippen molar-refractivity contribution in [1.29, 1.82) is 0 Å². The first kappa shape index (κ1) is 19.5. The van der Waals surface area contributed by atoms with Gasteiger partial charge in [0.1, 0.15) is 5.82 Å². The van der Waals surface area contributed by atoms with E-state index in [2.05, 4.69) is 5.32 Å². The maximum Gasteiger partial charge on any atom is 0.242 e. The number of nitrogens with one attached hydrogen (secondary N) is 1. The minimum Gasteiger partial charge on any atom is -0.396 e. The lowest BCUT2D eigenvalue weighted by Crippen LogP contribution is -2.38. The first-order valence-electron chi connectivity index (χ1n) is 10.9.